The zero-order chi connectivity index (χ0) is 17.3. The molecule has 0 atom stereocenters. The Bertz CT molecular complexity index is 757. The highest BCUT2D eigenvalue weighted by atomic mass is 35.5. The van der Waals surface area contributed by atoms with Crippen LogP contribution in [0.25, 0.3) is 0 Å². The van der Waals surface area contributed by atoms with Crippen molar-refractivity contribution in [1.29, 1.82) is 0 Å². The van der Waals surface area contributed by atoms with Crippen LogP contribution in [0.1, 0.15) is 11.5 Å². The summed E-state index contributed by atoms with van der Waals surface area (Å²) < 4.78 is 5.07. The average Bonchev–Trinajstić information content (AvgIpc) is 2.95. The van der Waals surface area contributed by atoms with Crippen LogP contribution in [-0.4, -0.2) is 46.1 Å². The largest absolute Gasteiger partial charge is 0.378 e. The molecule has 1 saturated heterocycles. The van der Waals surface area contributed by atoms with Crippen LogP contribution in [0.4, 0.5) is 17.2 Å². The summed E-state index contributed by atoms with van der Waals surface area (Å²) in [7, 11) is 0. The van der Waals surface area contributed by atoms with Gasteiger partial charge in [-0.3, -0.25) is 15.0 Å². The lowest BCUT2D eigenvalue weighted by Gasteiger charge is -2.35. The molecule has 2 N–H and O–H groups in total. The van der Waals surface area contributed by atoms with Crippen molar-refractivity contribution >= 4 is 28.8 Å². The molecule has 0 aliphatic carbocycles. The van der Waals surface area contributed by atoms with Crippen LogP contribution in [0.5, 0.6) is 0 Å². The van der Waals surface area contributed by atoms with Gasteiger partial charge >= 0.3 is 5.69 Å². The predicted molar refractivity (Wildman–Crippen MR) is 89.0 cm³/mol. The Balaban J connectivity index is 1.73. The van der Waals surface area contributed by atoms with Crippen LogP contribution in [-0.2, 0) is 6.54 Å². The van der Waals surface area contributed by atoms with E-state index in [-0.39, 0.29) is 16.5 Å². The summed E-state index contributed by atoms with van der Waals surface area (Å²) in [5.74, 6) is 0.651. The summed E-state index contributed by atoms with van der Waals surface area (Å²) in [6.45, 7) is 5.17. The topological polar surface area (TPSA) is 115 Å². The van der Waals surface area contributed by atoms with Crippen molar-refractivity contribution in [3.05, 3.63) is 38.9 Å². The molecule has 0 aromatic carbocycles. The van der Waals surface area contributed by atoms with Gasteiger partial charge in [0.05, 0.1) is 21.8 Å². The lowest BCUT2D eigenvalue weighted by Crippen LogP contribution is -2.46. The highest BCUT2D eigenvalue weighted by Crippen LogP contribution is 2.38. The second-order valence-electron chi connectivity index (χ2n) is 5.64. The molecule has 2 aromatic rings. The Hall–Kier alpha value is -2.39. The molecule has 1 fully saturated rings. The second kappa shape index (κ2) is 6.62. The van der Waals surface area contributed by atoms with Gasteiger partial charge in [-0.2, -0.15) is 0 Å². The molecule has 0 radical (unpaired) electrons. The molecule has 0 saturated carbocycles. The maximum absolute atomic E-state index is 11.3. The van der Waals surface area contributed by atoms with Gasteiger partial charge < -0.3 is 15.2 Å². The summed E-state index contributed by atoms with van der Waals surface area (Å²) in [6.07, 6.45) is 1.35. The zero-order valence-corrected chi connectivity index (χ0v) is 13.9. The number of aryl methyl sites for hydroxylation is 1. The quantitative estimate of drug-likeness (QED) is 0.654. The van der Waals surface area contributed by atoms with Crippen LogP contribution in [0.2, 0.25) is 5.02 Å². The first kappa shape index (κ1) is 16.5. The molecule has 3 rings (SSSR count). The number of pyridine rings is 1. The number of nitrogens with two attached hydrogens (primary N) is 1. The predicted octanol–water partition coefficient (Wildman–Crippen LogP) is 1.84. The molecular formula is C14H17ClN6O3. The lowest BCUT2D eigenvalue weighted by molar-refractivity contribution is -0.383. The van der Waals surface area contributed by atoms with E-state index in [4.69, 9.17) is 21.9 Å². The van der Waals surface area contributed by atoms with Gasteiger partial charge in [-0.1, -0.05) is 16.8 Å². The monoisotopic (exact) mass is 352 g/mol. The van der Waals surface area contributed by atoms with Crippen molar-refractivity contribution in [2.75, 3.05) is 36.8 Å². The van der Waals surface area contributed by atoms with E-state index in [9.17, 15) is 10.1 Å². The van der Waals surface area contributed by atoms with Crippen LogP contribution in [0, 0.1) is 17.0 Å². The fraction of sp³-hybridized carbons (Fsp3) is 0.429. The minimum absolute atomic E-state index is 0.125. The molecule has 128 valence electrons. The van der Waals surface area contributed by atoms with Gasteiger partial charge in [-0.05, 0) is 6.92 Å². The number of rotatable bonds is 4. The maximum Gasteiger partial charge on any atom is 0.335 e. The van der Waals surface area contributed by atoms with Gasteiger partial charge in [0, 0.05) is 38.8 Å². The highest BCUT2D eigenvalue weighted by Gasteiger charge is 2.29. The molecular weight excluding hydrogens is 336 g/mol. The lowest BCUT2D eigenvalue weighted by atomic mass is 10.2. The number of nitrogen functional groups attached to an aromatic ring is 1. The summed E-state index contributed by atoms with van der Waals surface area (Å²) in [5.41, 5.74) is 6.64. The van der Waals surface area contributed by atoms with Gasteiger partial charge in [-0.25, -0.2) is 4.98 Å². The number of nitrogens with zero attached hydrogens (tertiary/aromatic N) is 5. The zero-order valence-electron chi connectivity index (χ0n) is 13.1. The third-order valence-corrected chi connectivity index (χ3v) is 4.22. The molecule has 2 aromatic heterocycles. The second-order valence-corrected chi connectivity index (χ2v) is 6.04. The van der Waals surface area contributed by atoms with Crippen LogP contribution in [0.3, 0.4) is 0 Å². The van der Waals surface area contributed by atoms with Gasteiger partial charge in [-0.15, -0.1) is 0 Å². The number of nitro groups is 1. The molecule has 9 nitrogen and oxygen atoms in total. The molecule has 0 spiro atoms. The van der Waals surface area contributed by atoms with E-state index in [1.807, 2.05) is 17.9 Å². The minimum Gasteiger partial charge on any atom is -0.378 e. The number of halogens is 1. The smallest absolute Gasteiger partial charge is 0.335 e. The van der Waals surface area contributed by atoms with Gasteiger partial charge in [0.15, 0.2) is 0 Å². The van der Waals surface area contributed by atoms with Crippen LogP contribution >= 0.6 is 11.6 Å². The summed E-state index contributed by atoms with van der Waals surface area (Å²) in [6, 6.07) is 1.90. The van der Waals surface area contributed by atoms with Crippen molar-refractivity contribution in [1.82, 2.24) is 15.0 Å². The van der Waals surface area contributed by atoms with E-state index in [0.29, 0.717) is 25.3 Å². The molecule has 10 heteroatoms. The Morgan fingerprint density at radius 3 is 2.71 bits per heavy atom. The van der Waals surface area contributed by atoms with E-state index in [1.165, 1.54) is 6.20 Å². The SMILES string of the molecule is Cc1cc(CN2CCN(c3c(Cl)cnc(N)c3[N+](=O)[O-])CC2)no1. The van der Waals surface area contributed by atoms with Gasteiger partial charge in [0.2, 0.25) is 5.82 Å². The first-order valence-corrected chi connectivity index (χ1v) is 7.81. The van der Waals surface area contributed by atoms with E-state index in [0.717, 1.165) is 24.5 Å². The summed E-state index contributed by atoms with van der Waals surface area (Å²) >= 11 is 6.15. The van der Waals surface area contributed by atoms with Gasteiger partial charge in [0.25, 0.3) is 0 Å². The Morgan fingerprint density at radius 2 is 2.12 bits per heavy atom. The van der Waals surface area contributed by atoms with Crippen molar-refractivity contribution < 1.29 is 9.45 Å². The van der Waals surface area contributed by atoms with Gasteiger partial charge in [0.1, 0.15) is 11.4 Å². The third kappa shape index (κ3) is 3.26. The number of piperazine rings is 1. The number of hydrogen-bond acceptors (Lipinski definition) is 8. The van der Waals surface area contributed by atoms with E-state index < -0.39 is 4.92 Å². The normalized spacial score (nSPS) is 15.7. The standard InChI is InChI=1S/C14H17ClN6O3/c1-9-6-10(18-24-9)8-19-2-4-20(5-3-19)12-11(15)7-17-14(16)13(12)21(22)23/h6-7H,2-5,8H2,1H3,(H2,16,17). The maximum atomic E-state index is 11.3. The van der Waals surface area contributed by atoms with Crippen molar-refractivity contribution in [3.63, 3.8) is 0 Å². The molecule has 0 amide bonds. The molecule has 24 heavy (non-hydrogen) atoms. The average molecular weight is 353 g/mol. The molecule has 0 unspecified atom stereocenters. The van der Waals surface area contributed by atoms with Crippen LogP contribution in [0.15, 0.2) is 16.8 Å². The number of hydrogen-bond donors (Lipinski definition) is 1. The Morgan fingerprint density at radius 1 is 1.42 bits per heavy atom. The van der Waals surface area contributed by atoms with Crippen LogP contribution < -0.4 is 10.6 Å². The van der Waals surface area contributed by atoms with E-state index in [1.54, 1.807) is 0 Å². The first-order valence-electron chi connectivity index (χ1n) is 7.43. The molecule has 0 bridgehead atoms. The molecule has 1 aliphatic rings. The fourth-order valence-electron chi connectivity index (χ4n) is 2.81. The van der Waals surface area contributed by atoms with E-state index >= 15 is 0 Å². The summed E-state index contributed by atoms with van der Waals surface area (Å²) in [4.78, 5) is 18.6. The van der Waals surface area contributed by atoms with Crippen molar-refractivity contribution in [2.45, 2.75) is 13.5 Å². The molecule has 3 heterocycles. The highest BCUT2D eigenvalue weighted by molar-refractivity contribution is 6.33. The number of aromatic nitrogens is 2. The van der Waals surface area contributed by atoms with Crippen molar-refractivity contribution in [3.8, 4) is 0 Å². The third-order valence-electron chi connectivity index (χ3n) is 3.94. The van der Waals surface area contributed by atoms with E-state index in [2.05, 4.69) is 15.0 Å². The fourth-order valence-corrected chi connectivity index (χ4v) is 3.07. The Kier molecular flexibility index (Phi) is 4.54. The summed E-state index contributed by atoms with van der Waals surface area (Å²) in [5, 5.41) is 15.5. The molecule has 1 aliphatic heterocycles. The minimum atomic E-state index is -0.534. The first-order chi connectivity index (χ1) is 11.5. The Labute approximate surface area is 143 Å². The van der Waals surface area contributed by atoms with Crippen molar-refractivity contribution in [2.24, 2.45) is 0 Å². The number of anilines is 2.